The molecule has 1 aromatic carbocycles. The summed E-state index contributed by atoms with van der Waals surface area (Å²) >= 11 is 3.98. The van der Waals surface area contributed by atoms with Crippen molar-refractivity contribution in [2.24, 2.45) is 5.73 Å². The predicted molar refractivity (Wildman–Crippen MR) is 110 cm³/mol. The van der Waals surface area contributed by atoms with Crippen molar-refractivity contribution < 1.29 is 39.3 Å². The number of hydrogen-bond donors (Lipinski definition) is 8. The minimum atomic E-state index is -1.39. The number of phenols is 1. The van der Waals surface area contributed by atoms with Gasteiger partial charge in [0.25, 0.3) is 0 Å². The lowest BCUT2D eigenvalue weighted by Crippen LogP contribution is -2.57. The van der Waals surface area contributed by atoms with Gasteiger partial charge in [-0.3, -0.25) is 24.0 Å². The number of aromatic hydroxyl groups is 1. The fourth-order valence-corrected chi connectivity index (χ4v) is 2.65. The van der Waals surface area contributed by atoms with Crippen LogP contribution in [0.3, 0.4) is 0 Å². The van der Waals surface area contributed by atoms with Crippen LogP contribution in [0.2, 0.25) is 0 Å². The number of hydrogen-bond acceptors (Lipinski definition) is 8. The highest BCUT2D eigenvalue weighted by Gasteiger charge is 2.28. The van der Waals surface area contributed by atoms with Crippen molar-refractivity contribution >= 4 is 42.3 Å². The Labute approximate surface area is 182 Å². The number of carboxylic acids is 2. The average Bonchev–Trinajstić information content (AvgIpc) is 2.70. The molecule has 8 N–H and O–H groups in total. The highest BCUT2D eigenvalue weighted by Crippen LogP contribution is 2.11. The summed E-state index contributed by atoms with van der Waals surface area (Å²) in [5, 5.41) is 33.7. The van der Waals surface area contributed by atoms with Crippen LogP contribution in [-0.4, -0.2) is 75.4 Å². The van der Waals surface area contributed by atoms with Gasteiger partial charge in [0, 0.05) is 12.2 Å². The Morgan fingerprint density at radius 2 is 1.48 bits per heavy atom. The highest BCUT2D eigenvalue weighted by molar-refractivity contribution is 7.80. The Hall–Kier alpha value is -3.32. The lowest BCUT2D eigenvalue weighted by Gasteiger charge is -2.23. The van der Waals surface area contributed by atoms with E-state index in [4.69, 9.17) is 15.9 Å². The third-order valence-electron chi connectivity index (χ3n) is 3.97. The zero-order valence-electron chi connectivity index (χ0n) is 16.3. The molecule has 0 radical (unpaired) electrons. The van der Waals surface area contributed by atoms with Crippen LogP contribution >= 0.6 is 12.6 Å². The average molecular weight is 456 g/mol. The van der Waals surface area contributed by atoms with Crippen molar-refractivity contribution in [3.8, 4) is 5.75 Å². The van der Waals surface area contributed by atoms with Crippen LogP contribution in [0.4, 0.5) is 0 Å². The summed E-state index contributed by atoms with van der Waals surface area (Å²) < 4.78 is 0. The van der Waals surface area contributed by atoms with E-state index in [0.717, 1.165) is 0 Å². The normalized spacial score (nSPS) is 13.4. The number of nitrogens with two attached hydrogens (primary N) is 1. The van der Waals surface area contributed by atoms with E-state index in [1.54, 1.807) is 0 Å². The number of benzene rings is 1. The standard InChI is InChI=1S/C18H24N4O8S/c19-11(6-14(24)25)16(28)22-13(8-31)18(30)21-12(17(29)20-7-15(26)27)5-9-1-3-10(23)4-2-9/h1-4,11-13,23,31H,5-8,19H2,(H,20,29)(H,21,30)(H,22,28)(H,24,25)(H,26,27). The molecule has 0 aliphatic rings. The van der Waals surface area contributed by atoms with Gasteiger partial charge < -0.3 is 37.0 Å². The van der Waals surface area contributed by atoms with E-state index in [1.807, 2.05) is 0 Å². The summed E-state index contributed by atoms with van der Waals surface area (Å²) in [6, 6.07) is 1.96. The molecule has 0 saturated carbocycles. The molecular formula is C18H24N4O8S. The van der Waals surface area contributed by atoms with Crippen LogP contribution in [0.15, 0.2) is 24.3 Å². The summed E-state index contributed by atoms with van der Waals surface area (Å²) in [5.74, 6) is -5.23. The van der Waals surface area contributed by atoms with E-state index in [9.17, 15) is 29.1 Å². The first-order chi connectivity index (χ1) is 14.5. The van der Waals surface area contributed by atoms with Gasteiger partial charge in [0.15, 0.2) is 0 Å². The lowest BCUT2D eigenvalue weighted by molar-refractivity contribution is -0.139. The SMILES string of the molecule is NC(CC(=O)O)C(=O)NC(CS)C(=O)NC(Cc1ccc(O)cc1)C(=O)NCC(=O)O. The number of nitrogens with one attached hydrogen (secondary N) is 3. The topological polar surface area (TPSA) is 208 Å². The molecular weight excluding hydrogens is 432 g/mol. The van der Waals surface area contributed by atoms with Crippen LogP contribution < -0.4 is 21.7 Å². The van der Waals surface area contributed by atoms with Gasteiger partial charge in [0.05, 0.1) is 12.5 Å². The van der Waals surface area contributed by atoms with E-state index >= 15 is 0 Å². The lowest BCUT2D eigenvalue weighted by atomic mass is 10.0. The number of thiol groups is 1. The molecule has 0 spiro atoms. The monoisotopic (exact) mass is 456 g/mol. The van der Waals surface area contributed by atoms with E-state index in [0.29, 0.717) is 5.56 Å². The van der Waals surface area contributed by atoms with Gasteiger partial charge in [-0.1, -0.05) is 12.1 Å². The Morgan fingerprint density at radius 1 is 0.903 bits per heavy atom. The van der Waals surface area contributed by atoms with Crippen molar-refractivity contribution in [3.05, 3.63) is 29.8 Å². The third-order valence-corrected chi connectivity index (χ3v) is 4.33. The molecule has 1 rings (SSSR count). The second-order valence-electron chi connectivity index (χ2n) is 6.49. The van der Waals surface area contributed by atoms with Crippen molar-refractivity contribution in [1.82, 2.24) is 16.0 Å². The molecule has 13 heteroatoms. The number of carbonyl (C=O) groups is 5. The molecule has 0 saturated heterocycles. The molecule has 3 unspecified atom stereocenters. The Balaban J connectivity index is 2.90. The summed E-state index contributed by atoms with van der Waals surface area (Å²) in [4.78, 5) is 58.4. The van der Waals surface area contributed by atoms with Crippen LogP contribution in [0, 0.1) is 0 Å². The number of carbonyl (C=O) groups excluding carboxylic acids is 3. The van der Waals surface area contributed by atoms with Crippen molar-refractivity contribution in [2.45, 2.75) is 31.0 Å². The van der Waals surface area contributed by atoms with Gasteiger partial charge in [0.2, 0.25) is 17.7 Å². The minimum absolute atomic E-state index is 0.00443. The van der Waals surface area contributed by atoms with Crippen molar-refractivity contribution in [1.29, 1.82) is 0 Å². The van der Waals surface area contributed by atoms with Crippen LogP contribution in [0.25, 0.3) is 0 Å². The molecule has 0 fully saturated rings. The van der Waals surface area contributed by atoms with E-state index in [2.05, 4.69) is 28.6 Å². The molecule has 0 aromatic heterocycles. The minimum Gasteiger partial charge on any atom is -0.508 e. The van der Waals surface area contributed by atoms with Crippen LogP contribution in [0.1, 0.15) is 12.0 Å². The maximum Gasteiger partial charge on any atom is 0.322 e. The fourth-order valence-electron chi connectivity index (χ4n) is 2.39. The molecule has 0 bridgehead atoms. The van der Waals surface area contributed by atoms with E-state index < -0.39 is 60.8 Å². The first-order valence-corrected chi connectivity index (χ1v) is 9.63. The van der Waals surface area contributed by atoms with E-state index in [1.165, 1.54) is 24.3 Å². The second kappa shape index (κ2) is 12.4. The molecule has 0 aliphatic carbocycles. The molecule has 12 nitrogen and oxygen atoms in total. The molecule has 3 atom stereocenters. The number of carboxylic acid groups (broad SMARTS) is 2. The Bertz CT molecular complexity index is 817. The first kappa shape index (κ1) is 25.7. The fraction of sp³-hybridized carbons (Fsp3) is 0.389. The molecule has 0 heterocycles. The number of phenolic OH excluding ortho intramolecular Hbond substituents is 1. The summed E-state index contributed by atoms with van der Waals surface area (Å²) in [7, 11) is 0. The van der Waals surface area contributed by atoms with Crippen LogP contribution in [-0.2, 0) is 30.4 Å². The van der Waals surface area contributed by atoms with Gasteiger partial charge in [-0.05, 0) is 17.7 Å². The van der Waals surface area contributed by atoms with Gasteiger partial charge in [0.1, 0.15) is 24.4 Å². The summed E-state index contributed by atoms with van der Waals surface area (Å²) in [6.45, 7) is -0.669. The Morgan fingerprint density at radius 3 is 2.00 bits per heavy atom. The van der Waals surface area contributed by atoms with Crippen LogP contribution in [0.5, 0.6) is 5.75 Å². The number of aliphatic carboxylic acids is 2. The highest BCUT2D eigenvalue weighted by atomic mass is 32.1. The van der Waals surface area contributed by atoms with Crippen molar-refractivity contribution in [2.75, 3.05) is 12.3 Å². The second-order valence-corrected chi connectivity index (χ2v) is 6.86. The zero-order chi connectivity index (χ0) is 23.6. The molecule has 170 valence electrons. The molecule has 1 aromatic rings. The largest absolute Gasteiger partial charge is 0.508 e. The summed E-state index contributed by atoms with van der Waals surface area (Å²) in [5.41, 5.74) is 6.02. The maximum absolute atomic E-state index is 12.6. The van der Waals surface area contributed by atoms with Gasteiger partial charge in [-0.2, -0.15) is 12.6 Å². The van der Waals surface area contributed by atoms with Crippen molar-refractivity contribution in [3.63, 3.8) is 0 Å². The van der Waals surface area contributed by atoms with Gasteiger partial charge >= 0.3 is 11.9 Å². The number of rotatable bonds is 12. The Kier molecular flexibility index (Phi) is 10.3. The third kappa shape index (κ3) is 9.35. The summed E-state index contributed by atoms with van der Waals surface area (Å²) in [6.07, 6.45) is -0.683. The molecule has 31 heavy (non-hydrogen) atoms. The smallest absolute Gasteiger partial charge is 0.322 e. The first-order valence-electron chi connectivity index (χ1n) is 8.99. The van der Waals surface area contributed by atoms with Gasteiger partial charge in [-0.15, -0.1) is 0 Å². The molecule has 3 amide bonds. The van der Waals surface area contributed by atoms with E-state index in [-0.39, 0.29) is 17.9 Å². The number of amides is 3. The quantitative estimate of drug-likeness (QED) is 0.161. The van der Waals surface area contributed by atoms with Gasteiger partial charge in [-0.25, -0.2) is 0 Å². The maximum atomic E-state index is 12.6. The molecule has 0 aliphatic heterocycles. The predicted octanol–water partition coefficient (Wildman–Crippen LogP) is -2.16. The zero-order valence-corrected chi connectivity index (χ0v) is 17.2.